The maximum atomic E-state index is 3.57. The van der Waals surface area contributed by atoms with Crippen molar-refractivity contribution in [1.82, 2.24) is 10.2 Å². The Kier molecular flexibility index (Phi) is 3.82. The molecule has 0 aromatic heterocycles. The summed E-state index contributed by atoms with van der Waals surface area (Å²) in [6.45, 7) is 2.54. The fourth-order valence-corrected chi connectivity index (χ4v) is 2.09. The van der Waals surface area contributed by atoms with E-state index in [2.05, 4.69) is 17.3 Å². The van der Waals surface area contributed by atoms with Crippen LogP contribution in [-0.4, -0.2) is 37.1 Å². The third kappa shape index (κ3) is 3.25. The van der Waals surface area contributed by atoms with Crippen LogP contribution in [0.4, 0.5) is 0 Å². The summed E-state index contributed by atoms with van der Waals surface area (Å²) < 4.78 is 0. The Balaban J connectivity index is 1.41. The summed E-state index contributed by atoms with van der Waals surface area (Å²) in [6.07, 6.45) is 9.90. The average molecular weight is 196 g/mol. The van der Waals surface area contributed by atoms with E-state index in [1.54, 1.807) is 0 Å². The van der Waals surface area contributed by atoms with Crippen LogP contribution in [0.1, 0.15) is 44.9 Å². The SMILES string of the molecule is CN(CCCCNC1CC1)C1CCC1. The number of unbranched alkanes of at least 4 members (excludes halogenated alkanes) is 1. The van der Waals surface area contributed by atoms with Crippen molar-refractivity contribution in [3.8, 4) is 0 Å². The highest BCUT2D eigenvalue weighted by molar-refractivity contribution is 4.81. The van der Waals surface area contributed by atoms with Crippen LogP contribution in [0, 0.1) is 0 Å². The molecule has 14 heavy (non-hydrogen) atoms. The molecule has 2 heteroatoms. The summed E-state index contributed by atoms with van der Waals surface area (Å²) in [7, 11) is 2.29. The molecule has 2 rings (SSSR count). The minimum absolute atomic E-state index is 0.888. The van der Waals surface area contributed by atoms with Gasteiger partial charge in [-0.25, -0.2) is 0 Å². The van der Waals surface area contributed by atoms with Crippen LogP contribution in [0.2, 0.25) is 0 Å². The van der Waals surface area contributed by atoms with Crippen molar-refractivity contribution in [2.75, 3.05) is 20.1 Å². The highest BCUT2D eigenvalue weighted by atomic mass is 15.1. The van der Waals surface area contributed by atoms with Gasteiger partial charge in [0, 0.05) is 12.1 Å². The largest absolute Gasteiger partial charge is 0.314 e. The van der Waals surface area contributed by atoms with Crippen molar-refractivity contribution >= 4 is 0 Å². The topological polar surface area (TPSA) is 15.3 Å². The maximum absolute atomic E-state index is 3.57. The fourth-order valence-electron chi connectivity index (χ4n) is 2.09. The number of nitrogens with one attached hydrogen (secondary N) is 1. The van der Waals surface area contributed by atoms with E-state index >= 15 is 0 Å². The van der Waals surface area contributed by atoms with Crippen molar-refractivity contribution in [2.24, 2.45) is 0 Å². The van der Waals surface area contributed by atoms with Crippen molar-refractivity contribution in [1.29, 1.82) is 0 Å². The van der Waals surface area contributed by atoms with Crippen molar-refractivity contribution < 1.29 is 0 Å². The lowest BCUT2D eigenvalue weighted by atomic mass is 9.92. The Morgan fingerprint density at radius 1 is 1.14 bits per heavy atom. The average Bonchev–Trinajstić information content (AvgIpc) is 2.84. The first-order chi connectivity index (χ1) is 6.86. The quantitative estimate of drug-likeness (QED) is 0.627. The van der Waals surface area contributed by atoms with Gasteiger partial charge in [0.15, 0.2) is 0 Å². The molecule has 2 fully saturated rings. The van der Waals surface area contributed by atoms with Crippen molar-refractivity contribution in [3.63, 3.8) is 0 Å². The Hall–Kier alpha value is -0.0800. The fraction of sp³-hybridized carbons (Fsp3) is 1.00. The van der Waals surface area contributed by atoms with E-state index in [0.717, 1.165) is 12.1 Å². The molecule has 82 valence electrons. The number of hydrogen-bond donors (Lipinski definition) is 1. The Morgan fingerprint density at radius 2 is 1.93 bits per heavy atom. The van der Waals surface area contributed by atoms with Gasteiger partial charge in [0.05, 0.1) is 0 Å². The maximum Gasteiger partial charge on any atom is 0.00922 e. The van der Waals surface area contributed by atoms with Crippen LogP contribution in [0.5, 0.6) is 0 Å². The molecule has 0 saturated heterocycles. The van der Waals surface area contributed by atoms with Gasteiger partial charge in [0.2, 0.25) is 0 Å². The minimum Gasteiger partial charge on any atom is -0.314 e. The molecule has 0 atom stereocenters. The zero-order valence-corrected chi connectivity index (χ0v) is 9.47. The lowest BCUT2D eigenvalue weighted by Gasteiger charge is -2.34. The van der Waals surface area contributed by atoms with Gasteiger partial charge < -0.3 is 10.2 Å². The second kappa shape index (κ2) is 5.13. The lowest BCUT2D eigenvalue weighted by Crippen LogP contribution is -2.37. The first-order valence-electron chi connectivity index (χ1n) is 6.30. The van der Waals surface area contributed by atoms with Gasteiger partial charge in [0.1, 0.15) is 0 Å². The number of hydrogen-bond acceptors (Lipinski definition) is 2. The monoisotopic (exact) mass is 196 g/mol. The summed E-state index contributed by atoms with van der Waals surface area (Å²) in [4.78, 5) is 2.56. The molecule has 0 bridgehead atoms. The predicted octanol–water partition coefficient (Wildman–Crippen LogP) is 2.00. The molecule has 0 spiro atoms. The minimum atomic E-state index is 0.888. The summed E-state index contributed by atoms with van der Waals surface area (Å²) in [5.41, 5.74) is 0. The van der Waals surface area contributed by atoms with Gasteiger partial charge >= 0.3 is 0 Å². The lowest BCUT2D eigenvalue weighted by molar-refractivity contribution is 0.157. The standard InChI is InChI=1S/C12H24N2/c1-14(12-5-4-6-12)10-3-2-9-13-11-7-8-11/h11-13H,2-10H2,1H3. The molecule has 2 saturated carbocycles. The van der Waals surface area contributed by atoms with Gasteiger partial charge in [-0.15, -0.1) is 0 Å². The van der Waals surface area contributed by atoms with Crippen LogP contribution < -0.4 is 5.32 Å². The van der Waals surface area contributed by atoms with E-state index < -0.39 is 0 Å². The molecule has 0 heterocycles. The van der Waals surface area contributed by atoms with Crippen LogP contribution in [0.25, 0.3) is 0 Å². The normalized spacial score (nSPS) is 22.7. The van der Waals surface area contributed by atoms with Crippen LogP contribution in [0.15, 0.2) is 0 Å². The predicted molar refractivity (Wildman–Crippen MR) is 60.5 cm³/mol. The molecule has 0 unspecified atom stereocenters. The van der Waals surface area contributed by atoms with E-state index in [9.17, 15) is 0 Å². The molecule has 0 radical (unpaired) electrons. The molecule has 0 aromatic rings. The highest BCUT2D eigenvalue weighted by Crippen LogP contribution is 2.23. The van der Waals surface area contributed by atoms with E-state index in [4.69, 9.17) is 0 Å². The Bertz CT molecular complexity index is 162. The van der Waals surface area contributed by atoms with Crippen molar-refractivity contribution in [3.05, 3.63) is 0 Å². The summed E-state index contributed by atoms with van der Waals surface area (Å²) >= 11 is 0. The van der Waals surface area contributed by atoms with E-state index in [0.29, 0.717) is 0 Å². The highest BCUT2D eigenvalue weighted by Gasteiger charge is 2.21. The Labute approximate surface area is 88.1 Å². The number of rotatable bonds is 7. The third-order valence-corrected chi connectivity index (χ3v) is 3.65. The molecule has 2 nitrogen and oxygen atoms in total. The van der Waals surface area contributed by atoms with E-state index in [1.807, 2.05) is 0 Å². The molecule has 2 aliphatic carbocycles. The van der Waals surface area contributed by atoms with Crippen LogP contribution in [-0.2, 0) is 0 Å². The molecule has 0 aromatic carbocycles. The molecular formula is C12H24N2. The summed E-state index contributed by atoms with van der Waals surface area (Å²) in [5, 5.41) is 3.57. The second-order valence-electron chi connectivity index (χ2n) is 5.00. The molecule has 2 aliphatic rings. The van der Waals surface area contributed by atoms with Crippen LogP contribution >= 0.6 is 0 Å². The Morgan fingerprint density at radius 3 is 2.50 bits per heavy atom. The third-order valence-electron chi connectivity index (χ3n) is 3.65. The zero-order valence-electron chi connectivity index (χ0n) is 9.47. The van der Waals surface area contributed by atoms with Gasteiger partial charge in [-0.1, -0.05) is 6.42 Å². The summed E-state index contributed by atoms with van der Waals surface area (Å²) in [6, 6.07) is 1.81. The van der Waals surface area contributed by atoms with Crippen molar-refractivity contribution in [2.45, 2.75) is 57.0 Å². The first kappa shape index (κ1) is 10.4. The van der Waals surface area contributed by atoms with E-state index in [1.165, 1.54) is 58.0 Å². The second-order valence-corrected chi connectivity index (χ2v) is 5.00. The van der Waals surface area contributed by atoms with Gasteiger partial charge in [0.25, 0.3) is 0 Å². The summed E-state index contributed by atoms with van der Waals surface area (Å²) in [5.74, 6) is 0. The van der Waals surface area contributed by atoms with Crippen LogP contribution in [0.3, 0.4) is 0 Å². The zero-order chi connectivity index (χ0) is 9.80. The molecule has 1 N–H and O–H groups in total. The number of nitrogens with zero attached hydrogens (tertiary/aromatic N) is 1. The first-order valence-corrected chi connectivity index (χ1v) is 6.30. The molecule has 0 aliphatic heterocycles. The molecule has 0 amide bonds. The van der Waals surface area contributed by atoms with Gasteiger partial charge in [-0.2, -0.15) is 0 Å². The molecular weight excluding hydrogens is 172 g/mol. The van der Waals surface area contributed by atoms with Gasteiger partial charge in [-0.05, 0) is 58.7 Å². The smallest absolute Gasteiger partial charge is 0.00922 e. The van der Waals surface area contributed by atoms with Gasteiger partial charge in [-0.3, -0.25) is 0 Å². The van der Waals surface area contributed by atoms with E-state index in [-0.39, 0.29) is 0 Å².